The highest BCUT2D eigenvalue weighted by molar-refractivity contribution is 5.85. The first-order chi connectivity index (χ1) is 8.65. The highest BCUT2D eigenvalue weighted by Gasteiger charge is 2.33. The van der Waals surface area contributed by atoms with Gasteiger partial charge in [-0.25, -0.2) is 4.39 Å². The molecule has 106 valence electrons. The Balaban J connectivity index is 0.00000180. The van der Waals surface area contributed by atoms with Crippen LogP contribution in [0.4, 0.5) is 4.39 Å². The van der Waals surface area contributed by atoms with E-state index in [1.807, 2.05) is 0 Å². The van der Waals surface area contributed by atoms with E-state index in [1.54, 1.807) is 18.2 Å². The van der Waals surface area contributed by atoms with Gasteiger partial charge in [0.1, 0.15) is 5.82 Å². The second-order valence-electron chi connectivity index (χ2n) is 5.01. The lowest BCUT2D eigenvalue weighted by molar-refractivity contribution is -0.122. The van der Waals surface area contributed by atoms with Crippen molar-refractivity contribution in [3.05, 3.63) is 35.6 Å². The number of amides is 1. The number of halogens is 2. The molecule has 1 amide bonds. The first kappa shape index (κ1) is 15.9. The average Bonchev–Trinajstić information content (AvgIpc) is 2.81. The highest BCUT2D eigenvalue weighted by Crippen LogP contribution is 2.28. The van der Waals surface area contributed by atoms with E-state index in [4.69, 9.17) is 5.73 Å². The molecule has 0 bridgehead atoms. The number of nitrogens with two attached hydrogens (primary N) is 1. The second kappa shape index (κ2) is 6.87. The summed E-state index contributed by atoms with van der Waals surface area (Å²) in [5, 5.41) is 2.99. The van der Waals surface area contributed by atoms with Gasteiger partial charge >= 0.3 is 0 Å². The minimum Gasteiger partial charge on any atom is -0.349 e. The fraction of sp³-hybridized carbons (Fsp3) is 0.500. The van der Waals surface area contributed by atoms with E-state index in [1.165, 1.54) is 6.07 Å². The number of rotatable bonds is 4. The van der Waals surface area contributed by atoms with Gasteiger partial charge in [-0.15, -0.1) is 12.4 Å². The van der Waals surface area contributed by atoms with E-state index in [9.17, 15) is 9.18 Å². The lowest BCUT2D eigenvalue weighted by atomic mass is 9.97. The van der Waals surface area contributed by atoms with Crippen LogP contribution in [0.3, 0.4) is 0 Å². The maximum atomic E-state index is 13.4. The monoisotopic (exact) mass is 286 g/mol. The maximum Gasteiger partial charge on any atom is 0.225 e. The van der Waals surface area contributed by atoms with Crippen molar-refractivity contribution < 1.29 is 9.18 Å². The number of carbonyl (C=O) groups is 1. The lowest BCUT2D eigenvalue weighted by Gasteiger charge is -2.28. The molecule has 0 saturated heterocycles. The summed E-state index contributed by atoms with van der Waals surface area (Å²) in [6, 6.07) is 6.37. The van der Waals surface area contributed by atoms with Gasteiger partial charge in [0.15, 0.2) is 0 Å². The summed E-state index contributed by atoms with van der Waals surface area (Å²) in [5.74, 6) is -0.478. The summed E-state index contributed by atoms with van der Waals surface area (Å²) >= 11 is 0. The van der Waals surface area contributed by atoms with E-state index in [0.717, 1.165) is 25.7 Å². The van der Waals surface area contributed by atoms with Gasteiger partial charge in [-0.1, -0.05) is 31.0 Å². The van der Waals surface area contributed by atoms with Crippen LogP contribution >= 0.6 is 12.4 Å². The third kappa shape index (κ3) is 3.91. The summed E-state index contributed by atoms with van der Waals surface area (Å²) in [7, 11) is 0. The minimum absolute atomic E-state index is 0. The van der Waals surface area contributed by atoms with Gasteiger partial charge in [-0.05, 0) is 24.5 Å². The Kier molecular flexibility index (Phi) is 5.76. The molecule has 0 aliphatic heterocycles. The predicted octanol–water partition coefficient (Wildman–Crippen LogP) is 2.18. The number of hydrogen-bond donors (Lipinski definition) is 2. The summed E-state index contributed by atoms with van der Waals surface area (Å²) in [6.45, 7) is 0.454. The molecule has 0 radical (unpaired) electrons. The zero-order valence-electron chi connectivity index (χ0n) is 10.8. The quantitative estimate of drug-likeness (QED) is 0.891. The first-order valence-corrected chi connectivity index (χ1v) is 6.40. The van der Waals surface area contributed by atoms with Crippen LogP contribution < -0.4 is 11.1 Å². The number of hydrogen-bond acceptors (Lipinski definition) is 2. The SMILES string of the molecule is Cl.NCC1(NC(=O)Cc2ccccc2F)CCCC1. The molecule has 0 spiro atoms. The zero-order valence-corrected chi connectivity index (χ0v) is 11.6. The molecule has 0 aromatic heterocycles. The fourth-order valence-corrected chi connectivity index (χ4v) is 2.59. The van der Waals surface area contributed by atoms with Crippen LogP contribution in [-0.4, -0.2) is 18.0 Å². The smallest absolute Gasteiger partial charge is 0.225 e. The second-order valence-corrected chi connectivity index (χ2v) is 5.01. The molecule has 5 heteroatoms. The van der Waals surface area contributed by atoms with Crippen LogP contribution in [0.1, 0.15) is 31.2 Å². The van der Waals surface area contributed by atoms with Crippen LogP contribution in [0.15, 0.2) is 24.3 Å². The molecule has 3 nitrogen and oxygen atoms in total. The maximum absolute atomic E-state index is 13.4. The molecule has 1 aliphatic rings. The third-order valence-corrected chi connectivity index (χ3v) is 3.66. The number of carbonyl (C=O) groups excluding carboxylic acids is 1. The zero-order chi connectivity index (χ0) is 13.0. The van der Waals surface area contributed by atoms with Crippen molar-refractivity contribution in [1.29, 1.82) is 0 Å². The average molecular weight is 287 g/mol. The van der Waals surface area contributed by atoms with Gasteiger partial charge in [0, 0.05) is 6.54 Å². The Morgan fingerprint density at radius 1 is 1.32 bits per heavy atom. The number of nitrogens with one attached hydrogen (secondary N) is 1. The van der Waals surface area contributed by atoms with E-state index in [0.29, 0.717) is 12.1 Å². The molecular formula is C14H20ClFN2O. The van der Waals surface area contributed by atoms with Crippen LogP contribution in [0.25, 0.3) is 0 Å². The Bertz CT molecular complexity index is 433. The Labute approximate surface area is 119 Å². The molecule has 0 atom stereocenters. The predicted molar refractivity (Wildman–Crippen MR) is 75.7 cm³/mol. The molecule has 0 heterocycles. The van der Waals surface area contributed by atoms with Crippen LogP contribution in [0, 0.1) is 5.82 Å². The Morgan fingerprint density at radius 3 is 2.53 bits per heavy atom. The van der Waals surface area contributed by atoms with E-state index in [-0.39, 0.29) is 36.1 Å². The summed E-state index contributed by atoms with van der Waals surface area (Å²) < 4.78 is 13.4. The fourth-order valence-electron chi connectivity index (χ4n) is 2.59. The van der Waals surface area contributed by atoms with Crippen molar-refractivity contribution in [3.8, 4) is 0 Å². The normalized spacial score (nSPS) is 16.7. The largest absolute Gasteiger partial charge is 0.349 e. The van der Waals surface area contributed by atoms with Gasteiger partial charge in [-0.2, -0.15) is 0 Å². The molecule has 0 unspecified atom stereocenters. The van der Waals surface area contributed by atoms with Crippen LogP contribution in [-0.2, 0) is 11.2 Å². The van der Waals surface area contributed by atoms with Gasteiger partial charge in [0.05, 0.1) is 12.0 Å². The van der Waals surface area contributed by atoms with Crippen molar-refractivity contribution >= 4 is 18.3 Å². The standard InChI is InChI=1S/C14H19FN2O.ClH/c15-12-6-2-1-5-11(12)9-13(18)17-14(10-16)7-3-4-8-14;/h1-2,5-6H,3-4,7-10,16H2,(H,17,18);1H. The first-order valence-electron chi connectivity index (χ1n) is 6.40. The molecule has 1 aromatic rings. The molecule has 19 heavy (non-hydrogen) atoms. The van der Waals surface area contributed by atoms with Crippen molar-refractivity contribution in [2.24, 2.45) is 5.73 Å². The molecule has 1 saturated carbocycles. The lowest BCUT2D eigenvalue weighted by Crippen LogP contribution is -2.52. The molecule has 2 rings (SSSR count). The van der Waals surface area contributed by atoms with E-state index in [2.05, 4.69) is 5.32 Å². The van der Waals surface area contributed by atoms with Gasteiger partial charge < -0.3 is 11.1 Å². The van der Waals surface area contributed by atoms with Gasteiger partial charge in [-0.3, -0.25) is 4.79 Å². The van der Waals surface area contributed by atoms with Crippen LogP contribution in [0.2, 0.25) is 0 Å². The highest BCUT2D eigenvalue weighted by atomic mass is 35.5. The molecule has 3 N–H and O–H groups in total. The van der Waals surface area contributed by atoms with Crippen molar-refractivity contribution in [3.63, 3.8) is 0 Å². The van der Waals surface area contributed by atoms with E-state index < -0.39 is 0 Å². The molecular weight excluding hydrogens is 267 g/mol. The summed E-state index contributed by atoms with van der Waals surface area (Å²) in [4.78, 5) is 12.0. The molecule has 1 fully saturated rings. The summed E-state index contributed by atoms with van der Waals surface area (Å²) in [5.41, 5.74) is 5.92. The Hall–Kier alpha value is -1.13. The molecule has 1 aliphatic carbocycles. The number of benzene rings is 1. The summed E-state index contributed by atoms with van der Waals surface area (Å²) in [6.07, 6.45) is 4.11. The van der Waals surface area contributed by atoms with Gasteiger partial charge in [0.25, 0.3) is 0 Å². The Morgan fingerprint density at radius 2 is 1.95 bits per heavy atom. The van der Waals surface area contributed by atoms with Crippen molar-refractivity contribution in [2.45, 2.75) is 37.6 Å². The van der Waals surface area contributed by atoms with E-state index >= 15 is 0 Å². The minimum atomic E-state index is -0.333. The van der Waals surface area contributed by atoms with Crippen LogP contribution in [0.5, 0.6) is 0 Å². The third-order valence-electron chi connectivity index (χ3n) is 3.66. The topological polar surface area (TPSA) is 55.1 Å². The van der Waals surface area contributed by atoms with Gasteiger partial charge in [0.2, 0.25) is 5.91 Å². The molecule has 1 aromatic carbocycles. The van der Waals surface area contributed by atoms with Crippen molar-refractivity contribution in [1.82, 2.24) is 5.32 Å². The van der Waals surface area contributed by atoms with Crippen molar-refractivity contribution in [2.75, 3.05) is 6.54 Å².